The highest BCUT2D eigenvalue weighted by Gasteiger charge is 2.12. The molecule has 1 aromatic heterocycles. The summed E-state index contributed by atoms with van der Waals surface area (Å²) in [7, 11) is 0. The number of hydrogen-bond donors (Lipinski definition) is 2. The number of fused-ring (bicyclic) bond motifs is 1. The van der Waals surface area contributed by atoms with Gasteiger partial charge >= 0.3 is 11.7 Å². The maximum atomic E-state index is 11.6. The molecule has 3 amide bonds. The molecule has 0 radical (unpaired) electrons. The number of hydrogen-bond acceptors (Lipinski definition) is 5. The molecule has 0 saturated carbocycles. The minimum atomic E-state index is -0.627. The van der Waals surface area contributed by atoms with Crippen molar-refractivity contribution in [3.63, 3.8) is 0 Å². The molecule has 0 atom stereocenters. The normalized spacial score (nSPS) is 10.4. The second-order valence-corrected chi connectivity index (χ2v) is 5.13. The zero-order chi connectivity index (χ0) is 17.0. The maximum Gasteiger partial charge on any atom is 0.336 e. The predicted molar refractivity (Wildman–Crippen MR) is 84.9 cm³/mol. The zero-order valence-electron chi connectivity index (χ0n) is 12.6. The van der Waals surface area contributed by atoms with E-state index in [-0.39, 0.29) is 10.8 Å². The summed E-state index contributed by atoms with van der Waals surface area (Å²) in [5.74, 6) is -0.447. The fraction of sp³-hybridized carbons (Fsp3) is 0.267. The Balaban J connectivity index is 2.14. The molecule has 23 heavy (non-hydrogen) atoms. The van der Waals surface area contributed by atoms with Crippen molar-refractivity contribution in [2.24, 2.45) is 0 Å². The number of aryl methyl sites for hydroxylation is 1. The van der Waals surface area contributed by atoms with Crippen LogP contribution in [0.25, 0.3) is 11.0 Å². The Morgan fingerprint density at radius 3 is 2.74 bits per heavy atom. The van der Waals surface area contributed by atoms with Crippen LogP contribution in [0.5, 0.6) is 5.75 Å². The van der Waals surface area contributed by atoms with Crippen LogP contribution < -0.4 is 21.0 Å². The van der Waals surface area contributed by atoms with E-state index in [1.165, 1.54) is 12.1 Å². The van der Waals surface area contributed by atoms with E-state index in [0.717, 1.165) is 5.56 Å². The summed E-state index contributed by atoms with van der Waals surface area (Å²) < 4.78 is 10.4. The van der Waals surface area contributed by atoms with E-state index in [0.29, 0.717) is 17.5 Å². The average Bonchev–Trinajstić information content (AvgIpc) is 2.46. The Kier molecular flexibility index (Phi) is 5.23. The van der Waals surface area contributed by atoms with Crippen LogP contribution in [0, 0.1) is 6.92 Å². The summed E-state index contributed by atoms with van der Waals surface area (Å²) in [6, 6.07) is 3.78. The van der Waals surface area contributed by atoms with E-state index in [9.17, 15) is 14.4 Å². The Labute approximate surface area is 136 Å². The molecule has 0 fully saturated rings. The Morgan fingerprint density at radius 1 is 1.30 bits per heavy atom. The molecule has 0 aliphatic carbocycles. The quantitative estimate of drug-likeness (QED) is 0.831. The minimum Gasteiger partial charge on any atom is -0.482 e. The molecule has 0 spiro atoms. The Morgan fingerprint density at radius 2 is 2.04 bits per heavy atom. The van der Waals surface area contributed by atoms with E-state index < -0.39 is 24.2 Å². The third kappa shape index (κ3) is 4.23. The fourth-order valence-corrected chi connectivity index (χ4v) is 2.16. The van der Waals surface area contributed by atoms with Crippen molar-refractivity contribution >= 4 is 34.5 Å². The number of urea groups is 1. The van der Waals surface area contributed by atoms with Gasteiger partial charge in [0, 0.05) is 24.1 Å². The molecule has 2 aromatic rings. The van der Waals surface area contributed by atoms with Crippen molar-refractivity contribution in [2.45, 2.75) is 13.8 Å². The van der Waals surface area contributed by atoms with Gasteiger partial charge in [-0.2, -0.15) is 0 Å². The highest BCUT2D eigenvalue weighted by molar-refractivity contribution is 6.32. The van der Waals surface area contributed by atoms with Gasteiger partial charge in [-0.05, 0) is 25.5 Å². The van der Waals surface area contributed by atoms with Gasteiger partial charge in [0.2, 0.25) is 0 Å². The molecule has 0 saturated heterocycles. The SMILES string of the molecule is CCNC(=O)NC(=O)COc1cc2oc(=O)cc(C)c2cc1Cl. The molecule has 0 aliphatic heterocycles. The Hall–Kier alpha value is -2.54. The molecular formula is C15H15ClN2O5. The van der Waals surface area contributed by atoms with Crippen LogP contribution in [0.3, 0.4) is 0 Å². The lowest BCUT2D eigenvalue weighted by molar-refractivity contribution is -0.122. The standard InChI is InChI=1S/C15H15ClN2O5/c1-3-17-15(21)18-13(19)7-22-12-6-11-9(5-10(12)16)8(2)4-14(20)23-11/h4-6H,3,7H2,1-2H3,(H2,17,18,19,21). The second kappa shape index (κ2) is 7.15. The van der Waals surface area contributed by atoms with Crippen molar-refractivity contribution < 1.29 is 18.7 Å². The number of benzene rings is 1. The molecule has 0 bridgehead atoms. The highest BCUT2D eigenvalue weighted by Crippen LogP contribution is 2.30. The van der Waals surface area contributed by atoms with E-state index in [1.54, 1.807) is 19.9 Å². The van der Waals surface area contributed by atoms with Crippen LogP contribution in [0.15, 0.2) is 27.4 Å². The molecule has 7 nitrogen and oxygen atoms in total. The fourth-order valence-electron chi connectivity index (χ4n) is 1.94. The predicted octanol–water partition coefficient (Wildman–Crippen LogP) is 1.98. The van der Waals surface area contributed by atoms with E-state index in [4.69, 9.17) is 20.8 Å². The van der Waals surface area contributed by atoms with Gasteiger partial charge in [0.05, 0.1) is 5.02 Å². The lowest BCUT2D eigenvalue weighted by Gasteiger charge is -2.10. The monoisotopic (exact) mass is 338 g/mol. The van der Waals surface area contributed by atoms with Crippen molar-refractivity contribution in [1.29, 1.82) is 0 Å². The van der Waals surface area contributed by atoms with E-state index in [1.807, 2.05) is 0 Å². The van der Waals surface area contributed by atoms with Gasteiger partial charge in [0.25, 0.3) is 5.91 Å². The number of halogens is 1. The van der Waals surface area contributed by atoms with Gasteiger partial charge in [-0.15, -0.1) is 0 Å². The van der Waals surface area contributed by atoms with Gasteiger partial charge < -0.3 is 14.5 Å². The lowest BCUT2D eigenvalue weighted by atomic mass is 10.1. The molecule has 1 heterocycles. The highest BCUT2D eigenvalue weighted by atomic mass is 35.5. The van der Waals surface area contributed by atoms with Crippen molar-refractivity contribution in [3.05, 3.63) is 39.2 Å². The zero-order valence-corrected chi connectivity index (χ0v) is 13.3. The largest absolute Gasteiger partial charge is 0.482 e. The summed E-state index contributed by atoms with van der Waals surface area (Å²) >= 11 is 6.10. The first kappa shape index (κ1) is 16.8. The summed E-state index contributed by atoms with van der Waals surface area (Å²) in [5.41, 5.74) is 0.537. The number of ether oxygens (including phenoxy) is 1. The van der Waals surface area contributed by atoms with Crippen molar-refractivity contribution in [1.82, 2.24) is 10.6 Å². The first-order valence-electron chi connectivity index (χ1n) is 6.85. The van der Waals surface area contributed by atoms with Crippen LogP contribution >= 0.6 is 11.6 Å². The summed E-state index contributed by atoms with van der Waals surface area (Å²) in [4.78, 5) is 34.2. The maximum absolute atomic E-state index is 11.6. The number of nitrogens with one attached hydrogen (secondary N) is 2. The number of imide groups is 1. The smallest absolute Gasteiger partial charge is 0.336 e. The van der Waals surface area contributed by atoms with Gasteiger partial charge in [0.1, 0.15) is 11.3 Å². The summed E-state index contributed by atoms with van der Waals surface area (Å²) in [6.45, 7) is 3.48. The summed E-state index contributed by atoms with van der Waals surface area (Å²) in [6.07, 6.45) is 0. The third-order valence-electron chi connectivity index (χ3n) is 2.95. The first-order chi connectivity index (χ1) is 10.9. The average molecular weight is 339 g/mol. The van der Waals surface area contributed by atoms with E-state index >= 15 is 0 Å². The van der Waals surface area contributed by atoms with Crippen LogP contribution in [-0.2, 0) is 4.79 Å². The van der Waals surface area contributed by atoms with Gasteiger partial charge in [-0.1, -0.05) is 11.6 Å². The van der Waals surface area contributed by atoms with Gasteiger partial charge in [-0.25, -0.2) is 9.59 Å². The minimum absolute atomic E-state index is 0.180. The van der Waals surface area contributed by atoms with Gasteiger partial charge in [0.15, 0.2) is 6.61 Å². The number of carbonyl (C=O) groups excluding carboxylic acids is 2. The molecule has 122 valence electrons. The summed E-state index contributed by atoms with van der Waals surface area (Å²) in [5, 5.41) is 5.45. The van der Waals surface area contributed by atoms with Crippen LogP contribution in [0.1, 0.15) is 12.5 Å². The topological polar surface area (TPSA) is 97.6 Å². The number of carbonyl (C=O) groups is 2. The van der Waals surface area contributed by atoms with Crippen LogP contribution in [0.2, 0.25) is 5.02 Å². The molecule has 2 N–H and O–H groups in total. The van der Waals surface area contributed by atoms with Crippen molar-refractivity contribution in [2.75, 3.05) is 13.2 Å². The van der Waals surface area contributed by atoms with E-state index in [2.05, 4.69) is 10.6 Å². The second-order valence-electron chi connectivity index (χ2n) is 4.72. The molecule has 0 aliphatic rings. The van der Waals surface area contributed by atoms with Gasteiger partial charge in [-0.3, -0.25) is 10.1 Å². The Bertz CT molecular complexity index is 815. The van der Waals surface area contributed by atoms with Crippen molar-refractivity contribution in [3.8, 4) is 5.75 Å². The molecular weight excluding hydrogens is 324 g/mol. The number of amides is 3. The van der Waals surface area contributed by atoms with Crippen LogP contribution in [-0.4, -0.2) is 25.1 Å². The van der Waals surface area contributed by atoms with Crippen LogP contribution in [0.4, 0.5) is 4.79 Å². The number of rotatable bonds is 4. The lowest BCUT2D eigenvalue weighted by Crippen LogP contribution is -2.41. The molecule has 2 rings (SSSR count). The molecule has 8 heteroatoms. The third-order valence-corrected chi connectivity index (χ3v) is 3.25. The first-order valence-corrected chi connectivity index (χ1v) is 7.23. The molecule has 0 unspecified atom stereocenters. The molecule has 1 aromatic carbocycles.